The van der Waals surface area contributed by atoms with Crippen molar-refractivity contribution in [2.24, 2.45) is 0 Å². The summed E-state index contributed by atoms with van der Waals surface area (Å²) >= 11 is 12.8. The molecule has 2 amide bonds. The minimum Gasteiger partial charge on any atom is -0.350 e. The number of anilines is 1. The fraction of sp³-hybridized carbons (Fsp3) is 0.278. The second-order valence-electron chi connectivity index (χ2n) is 12.4. The maximum Gasteiger partial charge on any atom is 0.264 e. The lowest BCUT2D eigenvalue weighted by Crippen LogP contribution is -2.56. The van der Waals surface area contributed by atoms with Crippen molar-refractivity contribution in [3.05, 3.63) is 129 Å². The molecule has 0 aliphatic rings. The summed E-state index contributed by atoms with van der Waals surface area (Å²) in [5.41, 5.74) is 2.82. The molecule has 1 atom stereocenters. The van der Waals surface area contributed by atoms with Crippen molar-refractivity contribution in [3.63, 3.8) is 0 Å². The third kappa shape index (κ3) is 9.12. The SMILES string of the molecule is Cc1ccc(S(=O)(=O)N(CC(=O)N(Cc2cccc(Cl)c2)[C@H](Cc2ccccc2)C(=O)NC(C)(C)C)c2ccc(C)c(Cl)c2)cc1. The van der Waals surface area contributed by atoms with Gasteiger partial charge in [0.25, 0.3) is 10.0 Å². The van der Waals surface area contributed by atoms with Crippen molar-refractivity contribution in [2.75, 3.05) is 10.8 Å². The summed E-state index contributed by atoms with van der Waals surface area (Å²) in [5, 5.41) is 3.86. The van der Waals surface area contributed by atoms with Crippen molar-refractivity contribution >= 4 is 50.7 Å². The van der Waals surface area contributed by atoms with Crippen LogP contribution in [0.4, 0.5) is 5.69 Å². The van der Waals surface area contributed by atoms with E-state index in [2.05, 4.69) is 5.32 Å². The fourth-order valence-corrected chi connectivity index (χ4v) is 6.74. The van der Waals surface area contributed by atoms with Crippen LogP contribution in [0.3, 0.4) is 0 Å². The zero-order chi connectivity index (χ0) is 33.6. The molecule has 4 aromatic rings. The van der Waals surface area contributed by atoms with Gasteiger partial charge in [-0.1, -0.05) is 89.4 Å². The number of benzene rings is 4. The van der Waals surface area contributed by atoms with E-state index < -0.39 is 34.1 Å². The first kappa shape index (κ1) is 35.0. The van der Waals surface area contributed by atoms with Crippen molar-refractivity contribution in [2.45, 2.75) is 64.1 Å². The molecule has 7 nitrogen and oxygen atoms in total. The summed E-state index contributed by atoms with van der Waals surface area (Å²) in [6.45, 7) is 8.71. The molecule has 10 heteroatoms. The minimum atomic E-state index is -4.24. The number of nitrogens with one attached hydrogen (secondary N) is 1. The van der Waals surface area contributed by atoms with Gasteiger partial charge >= 0.3 is 0 Å². The molecule has 0 saturated heterocycles. The Kier molecular flexibility index (Phi) is 11.2. The van der Waals surface area contributed by atoms with E-state index in [1.165, 1.54) is 23.1 Å². The molecule has 0 aliphatic heterocycles. The van der Waals surface area contributed by atoms with Crippen molar-refractivity contribution in [1.82, 2.24) is 10.2 Å². The Labute approximate surface area is 282 Å². The fourth-order valence-electron chi connectivity index (χ4n) is 4.94. The van der Waals surface area contributed by atoms with E-state index in [-0.39, 0.29) is 29.5 Å². The molecular weight excluding hydrogens is 641 g/mol. The van der Waals surface area contributed by atoms with Crippen LogP contribution in [0.2, 0.25) is 10.0 Å². The second-order valence-corrected chi connectivity index (χ2v) is 15.1. The van der Waals surface area contributed by atoms with Crippen LogP contribution in [0, 0.1) is 13.8 Å². The Morgan fingerprint density at radius 3 is 2.09 bits per heavy atom. The van der Waals surface area contributed by atoms with Crippen LogP contribution in [-0.4, -0.2) is 43.3 Å². The quantitative estimate of drug-likeness (QED) is 0.179. The first-order valence-corrected chi connectivity index (χ1v) is 17.1. The summed E-state index contributed by atoms with van der Waals surface area (Å²) in [5.74, 6) is -0.935. The number of carbonyl (C=O) groups is 2. The average molecular weight is 681 g/mol. The van der Waals surface area contributed by atoms with Crippen molar-refractivity contribution in [3.8, 4) is 0 Å². The average Bonchev–Trinajstić information content (AvgIpc) is 2.99. The van der Waals surface area contributed by atoms with Crippen LogP contribution >= 0.6 is 23.2 Å². The molecular formula is C36H39Cl2N3O4S. The predicted octanol–water partition coefficient (Wildman–Crippen LogP) is 7.36. The normalized spacial score (nSPS) is 12.3. The molecule has 4 aromatic carbocycles. The Hall–Kier alpha value is -3.85. The topological polar surface area (TPSA) is 86.8 Å². The molecule has 0 aliphatic carbocycles. The van der Waals surface area contributed by atoms with Gasteiger partial charge in [-0.15, -0.1) is 0 Å². The van der Waals surface area contributed by atoms with Crippen LogP contribution < -0.4 is 9.62 Å². The summed E-state index contributed by atoms with van der Waals surface area (Å²) in [7, 11) is -4.24. The molecule has 0 heterocycles. The van der Waals surface area contributed by atoms with E-state index in [4.69, 9.17) is 23.2 Å². The van der Waals surface area contributed by atoms with E-state index in [0.29, 0.717) is 15.6 Å². The molecule has 0 aromatic heterocycles. The van der Waals surface area contributed by atoms with Crippen LogP contribution in [-0.2, 0) is 32.6 Å². The lowest BCUT2D eigenvalue weighted by molar-refractivity contribution is -0.140. The summed E-state index contributed by atoms with van der Waals surface area (Å²) in [6.07, 6.45) is 0.204. The molecule has 0 unspecified atom stereocenters. The zero-order valence-electron chi connectivity index (χ0n) is 26.6. The van der Waals surface area contributed by atoms with Gasteiger partial charge in [0, 0.05) is 28.5 Å². The van der Waals surface area contributed by atoms with Crippen molar-refractivity contribution in [1.29, 1.82) is 0 Å². The third-order valence-electron chi connectivity index (χ3n) is 7.34. The number of rotatable bonds is 11. The standard InChI is InChI=1S/C36H39Cl2N3O4S/c1-25-14-18-31(19-15-25)46(44,45)41(30-17-16-26(2)32(38)22-30)24-34(42)40(23-28-12-9-13-29(37)20-28)33(35(43)39-36(3,4)5)21-27-10-7-6-8-11-27/h6-20,22,33H,21,23-24H2,1-5H3,(H,39,43)/t33-/m1/s1. The number of carbonyl (C=O) groups excluding carboxylic acids is 2. The monoisotopic (exact) mass is 679 g/mol. The highest BCUT2D eigenvalue weighted by molar-refractivity contribution is 7.92. The summed E-state index contributed by atoms with van der Waals surface area (Å²) < 4.78 is 29.5. The van der Waals surface area contributed by atoms with Gasteiger partial charge in [-0.3, -0.25) is 13.9 Å². The predicted molar refractivity (Wildman–Crippen MR) is 186 cm³/mol. The van der Waals surface area contributed by atoms with E-state index in [1.807, 2.05) is 71.0 Å². The maximum atomic E-state index is 14.6. The third-order valence-corrected chi connectivity index (χ3v) is 9.77. The smallest absolute Gasteiger partial charge is 0.264 e. The van der Waals surface area contributed by atoms with Gasteiger partial charge in [0.05, 0.1) is 10.6 Å². The van der Waals surface area contributed by atoms with E-state index >= 15 is 0 Å². The number of sulfonamides is 1. The Balaban J connectivity index is 1.84. The van der Waals surface area contributed by atoms with Gasteiger partial charge in [0.15, 0.2) is 0 Å². The highest BCUT2D eigenvalue weighted by Crippen LogP contribution is 2.29. The number of nitrogens with zero attached hydrogens (tertiary/aromatic N) is 2. The largest absolute Gasteiger partial charge is 0.350 e. The second kappa shape index (κ2) is 14.7. The number of hydrogen-bond donors (Lipinski definition) is 1. The van der Waals surface area contributed by atoms with Crippen molar-refractivity contribution < 1.29 is 18.0 Å². The van der Waals surface area contributed by atoms with Gasteiger partial charge in [-0.2, -0.15) is 0 Å². The number of amides is 2. The van der Waals surface area contributed by atoms with E-state index in [1.54, 1.807) is 42.5 Å². The van der Waals surface area contributed by atoms with E-state index in [9.17, 15) is 18.0 Å². The van der Waals surface area contributed by atoms with Crippen LogP contribution in [0.1, 0.15) is 43.0 Å². The van der Waals surface area contributed by atoms with Crippen LogP contribution in [0.25, 0.3) is 0 Å². The molecule has 0 saturated carbocycles. The maximum absolute atomic E-state index is 14.6. The lowest BCUT2D eigenvalue weighted by Gasteiger charge is -2.35. The van der Waals surface area contributed by atoms with Crippen LogP contribution in [0.15, 0.2) is 102 Å². The molecule has 0 fully saturated rings. The first-order valence-electron chi connectivity index (χ1n) is 14.9. The van der Waals surface area contributed by atoms with Crippen LogP contribution in [0.5, 0.6) is 0 Å². The van der Waals surface area contributed by atoms with Gasteiger partial charge in [-0.25, -0.2) is 8.42 Å². The molecule has 242 valence electrons. The van der Waals surface area contributed by atoms with Gasteiger partial charge < -0.3 is 10.2 Å². The molecule has 1 N–H and O–H groups in total. The summed E-state index contributed by atoms with van der Waals surface area (Å²) in [4.78, 5) is 30.0. The van der Waals surface area contributed by atoms with Gasteiger partial charge in [0.1, 0.15) is 12.6 Å². The molecule has 0 bridgehead atoms. The number of aryl methyl sites for hydroxylation is 2. The first-order chi connectivity index (χ1) is 21.6. The molecule has 0 spiro atoms. The molecule has 46 heavy (non-hydrogen) atoms. The zero-order valence-corrected chi connectivity index (χ0v) is 29.0. The Morgan fingerprint density at radius 2 is 1.48 bits per heavy atom. The lowest BCUT2D eigenvalue weighted by atomic mass is 10.0. The number of halogens is 2. The highest BCUT2D eigenvalue weighted by Gasteiger charge is 2.35. The number of hydrogen-bond acceptors (Lipinski definition) is 4. The van der Waals surface area contributed by atoms with Gasteiger partial charge in [0.2, 0.25) is 11.8 Å². The van der Waals surface area contributed by atoms with E-state index in [0.717, 1.165) is 21.0 Å². The molecule has 0 radical (unpaired) electrons. The Bertz CT molecular complexity index is 1790. The molecule has 4 rings (SSSR count). The minimum absolute atomic E-state index is 0.0154. The van der Waals surface area contributed by atoms with Gasteiger partial charge in [-0.05, 0) is 87.7 Å². The Morgan fingerprint density at radius 1 is 0.826 bits per heavy atom. The highest BCUT2D eigenvalue weighted by atomic mass is 35.5. The summed E-state index contributed by atoms with van der Waals surface area (Å²) in [6, 6.07) is 26.7.